The van der Waals surface area contributed by atoms with E-state index in [-0.39, 0.29) is 0 Å². The molecule has 2 unspecified atom stereocenters. The van der Waals surface area contributed by atoms with E-state index in [1.54, 1.807) is 48.6 Å². The maximum atomic E-state index is 11.3. The van der Waals surface area contributed by atoms with Crippen LogP contribution < -0.4 is 0 Å². The Hall–Kier alpha value is -2.17. The Morgan fingerprint density at radius 3 is 2.43 bits per heavy atom. The van der Waals surface area contributed by atoms with Crippen LogP contribution in [0, 0.1) is 0 Å². The maximum Gasteiger partial charge on any atom is 0.336 e. The Balaban J connectivity index is 3.40. The van der Waals surface area contributed by atoms with Gasteiger partial charge in [0.1, 0.15) is 0 Å². The number of methoxy groups -OCH3 is 1. The molecule has 0 aromatic heterocycles. The second-order valence-corrected chi connectivity index (χ2v) is 4.46. The van der Waals surface area contributed by atoms with E-state index in [1.165, 1.54) is 7.11 Å². The first-order chi connectivity index (χ1) is 10.0. The number of aliphatic hydroxyl groups excluding tert-OH is 1. The molecule has 0 saturated heterocycles. The molecule has 1 aromatic rings. The molecule has 0 amide bonds. The zero-order chi connectivity index (χ0) is 15.9. The molecular weight excluding hydrogens is 268 g/mol. The first-order valence-electron chi connectivity index (χ1n) is 6.51. The van der Waals surface area contributed by atoms with Crippen molar-refractivity contribution >= 4 is 5.97 Å². The molecule has 0 aliphatic rings. The number of carbonyl (C=O) groups is 1. The molecule has 0 aliphatic carbocycles. The van der Waals surface area contributed by atoms with Crippen LogP contribution in [0.1, 0.15) is 12.5 Å². The van der Waals surface area contributed by atoms with Crippen molar-refractivity contribution in [2.75, 3.05) is 7.11 Å². The van der Waals surface area contributed by atoms with E-state index in [9.17, 15) is 15.0 Å². The van der Waals surface area contributed by atoms with Crippen molar-refractivity contribution in [3.05, 3.63) is 72.4 Å². The van der Waals surface area contributed by atoms with Crippen LogP contribution in [0.2, 0.25) is 0 Å². The van der Waals surface area contributed by atoms with Gasteiger partial charge in [-0.15, -0.1) is 0 Å². The Kier molecular flexibility index (Phi) is 6.09. The van der Waals surface area contributed by atoms with E-state index in [2.05, 4.69) is 6.58 Å². The van der Waals surface area contributed by atoms with Crippen molar-refractivity contribution in [1.82, 2.24) is 0 Å². The normalized spacial score (nSPS) is 16.0. The fourth-order valence-electron chi connectivity index (χ4n) is 2.15. The molecule has 0 fully saturated rings. The quantitative estimate of drug-likeness (QED) is 0.757. The average molecular weight is 288 g/mol. The molecule has 2 atom stereocenters. The van der Waals surface area contributed by atoms with Gasteiger partial charge in [-0.1, -0.05) is 61.2 Å². The third-order valence-corrected chi connectivity index (χ3v) is 3.22. The van der Waals surface area contributed by atoms with Crippen LogP contribution in [-0.2, 0) is 15.1 Å². The number of aliphatic carboxylic acids is 1. The standard InChI is InChI=1S/C17H20O4/c1-4-5-7-10-13(2)17(21-3,15(18)16(19)20)14-11-8-6-9-12-14/h4-12,15,18H,2H2,1,3H3,(H,19,20). The van der Waals surface area contributed by atoms with Crippen molar-refractivity contribution < 1.29 is 19.7 Å². The lowest BCUT2D eigenvalue weighted by Crippen LogP contribution is -2.47. The van der Waals surface area contributed by atoms with Crippen molar-refractivity contribution in [1.29, 1.82) is 0 Å². The van der Waals surface area contributed by atoms with E-state index < -0.39 is 17.7 Å². The van der Waals surface area contributed by atoms with Crippen LogP contribution >= 0.6 is 0 Å². The van der Waals surface area contributed by atoms with Crippen LogP contribution in [0.15, 0.2) is 66.8 Å². The number of hydrogen-bond donors (Lipinski definition) is 2. The van der Waals surface area contributed by atoms with Gasteiger partial charge in [0.2, 0.25) is 0 Å². The van der Waals surface area contributed by atoms with E-state index in [4.69, 9.17) is 4.74 Å². The molecule has 4 nitrogen and oxygen atoms in total. The molecule has 2 N–H and O–H groups in total. The van der Waals surface area contributed by atoms with Gasteiger partial charge in [-0.3, -0.25) is 0 Å². The minimum atomic E-state index is -1.77. The summed E-state index contributed by atoms with van der Waals surface area (Å²) in [6.45, 7) is 5.74. The molecule has 0 aliphatic heterocycles. The number of benzene rings is 1. The molecule has 112 valence electrons. The molecule has 1 aromatic carbocycles. The Labute approximate surface area is 124 Å². The number of ether oxygens (including phenoxy) is 1. The van der Waals surface area contributed by atoms with Crippen LogP contribution in [0.25, 0.3) is 0 Å². The van der Waals surface area contributed by atoms with Gasteiger partial charge in [0, 0.05) is 7.11 Å². The summed E-state index contributed by atoms with van der Waals surface area (Å²) in [6, 6.07) is 8.70. The minimum Gasteiger partial charge on any atom is -0.479 e. The molecule has 0 saturated carbocycles. The fourth-order valence-corrected chi connectivity index (χ4v) is 2.15. The van der Waals surface area contributed by atoms with Crippen molar-refractivity contribution in [2.45, 2.75) is 18.6 Å². The average Bonchev–Trinajstić information content (AvgIpc) is 2.49. The molecule has 0 radical (unpaired) electrons. The summed E-state index contributed by atoms with van der Waals surface area (Å²) in [5, 5.41) is 19.4. The third-order valence-electron chi connectivity index (χ3n) is 3.22. The number of carboxylic acid groups (broad SMARTS) is 1. The van der Waals surface area contributed by atoms with Gasteiger partial charge in [0.15, 0.2) is 11.7 Å². The fraction of sp³-hybridized carbons (Fsp3) is 0.235. The van der Waals surface area contributed by atoms with Crippen LogP contribution in [-0.4, -0.2) is 29.4 Å². The predicted molar refractivity (Wildman–Crippen MR) is 81.9 cm³/mol. The van der Waals surface area contributed by atoms with Gasteiger partial charge in [0.05, 0.1) is 0 Å². The number of carboxylic acids is 1. The van der Waals surface area contributed by atoms with Gasteiger partial charge in [-0.05, 0) is 18.1 Å². The lowest BCUT2D eigenvalue weighted by atomic mass is 9.81. The highest BCUT2D eigenvalue weighted by molar-refractivity contribution is 5.75. The number of aliphatic hydroxyl groups is 1. The summed E-state index contributed by atoms with van der Waals surface area (Å²) in [4.78, 5) is 11.3. The summed E-state index contributed by atoms with van der Waals surface area (Å²) in [7, 11) is 1.36. The van der Waals surface area contributed by atoms with Crippen molar-refractivity contribution in [2.24, 2.45) is 0 Å². The first-order valence-corrected chi connectivity index (χ1v) is 6.51. The summed E-state index contributed by atoms with van der Waals surface area (Å²) in [5.74, 6) is -1.37. The SMILES string of the molecule is C=C(C=CC=CC)C(OC)(c1ccccc1)C(O)C(=O)O. The van der Waals surface area contributed by atoms with Crippen LogP contribution in [0.4, 0.5) is 0 Å². The smallest absolute Gasteiger partial charge is 0.336 e. The first kappa shape index (κ1) is 16.9. The lowest BCUT2D eigenvalue weighted by molar-refractivity contribution is -0.163. The van der Waals surface area contributed by atoms with Crippen LogP contribution in [0.3, 0.4) is 0 Å². The molecule has 4 heteroatoms. The van der Waals surface area contributed by atoms with Gasteiger partial charge in [0.25, 0.3) is 0 Å². The van der Waals surface area contributed by atoms with Gasteiger partial charge in [-0.25, -0.2) is 4.79 Å². The summed E-state index contributed by atoms with van der Waals surface area (Å²) in [6.07, 6.45) is 5.18. The monoisotopic (exact) mass is 288 g/mol. The predicted octanol–water partition coefficient (Wildman–Crippen LogP) is 2.66. The summed E-state index contributed by atoms with van der Waals surface area (Å²) >= 11 is 0. The van der Waals surface area contributed by atoms with Crippen molar-refractivity contribution in [3.63, 3.8) is 0 Å². The number of rotatable bonds is 7. The van der Waals surface area contributed by atoms with Gasteiger partial charge in [-0.2, -0.15) is 0 Å². The van der Waals surface area contributed by atoms with Crippen molar-refractivity contribution in [3.8, 4) is 0 Å². The van der Waals surface area contributed by atoms with E-state index >= 15 is 0 Å². The van der Waals surface area contributed by atoms with Gasteiger partial charge < -0.3 is 14.9 Å². The molecule has 0 heterocycles. The number of allylic oxidation sites excluding steroid dienone is 3. The summed E-state index contributed by atoms with van der Waals surface area (Å²) in [5.41, 5.74) is -0.660. The molecule has 21 heavy (non-hydrogen) atoms. The summed E-state index contributed by atoms with van der Waals surface area (Å²) < 4.78 is 5.43. The molecular formula is C17H20O4. The molecule has 0 bridgehead atoms. The number of hydrogen-bond acceptors (Lipinski definition) is 3. The van der Waals surface area contributed by atoms with Crippen LogP contribution in [0.5, 0.6) is 0 Å². The van der Waals surface area contributed by atoms with E-state index in [0.29, 0.717) is 11.1 Å². The third kappa shape index (κ3) is 3.48. The molecule has 1 rings (SSSR count). The zero-order valence-corrected chi connectivity index (χ0v) is 12.2. The maximum absolute atomic E-state index is 11.3. The largest absolute Gasteiger partial charge is 0.479 e. The Morgan fingerprint density at radius 2 is 1.95 bits per heavy atom. The second-order valence-electron chi connectivity index (χ2n) is 4.46. The minimum absolute atomic E-state index is 0.351. The second kappa shape index (κ2) is 7.57. The lowest BCUT2D eigenvalue weighted by Gasteiger charge is -2.36. The van der Waals surface area contributed by atoms with E-state index in [0.717, 1.165) is 0 Å². The Bertz CT molecular complexity index is 545. The highest BCUT2D eigenvalue weighted by atomic mass is 16.5. The Morgan fingerprint density at radius 1 is 1.33 bits per heavy atom. The van der Waals surface area contributed by atoms with Gasteiger partial charge >= 0.3 is 5.97 Å². The highest BCUT2D eigenvalue weighted by Gasteiger charge is 2.45. The van der Waals surface area contributed by atoms with E-state index in [1.807, 2.05) is 13.0 Å². The highest BCUT2D eigenvalue weighted by Crippen LogP contribution is 2.36. The molecule has 0 spiro atoms. The zero-order valence-electron chi connectivity index (χ0n) is 12.2. The topological polar surface area (TPSA) is 66.8 Å².